The maximum Gasteiger partial charge on any atom is 0.249 e. The number of likely N-dealkylation sites (tertiary alicyclic amines) is 1. The van der Waals surface area contributed by atoms with Gasteiger partial charge in [-0.05, 0) is 61.8 Å². The second-order valence-corrected chi connectivity index (χ2v) is 9.38. The molecule has 35 heavy (non-hydrogen) atoms. The number of carbonyl (C=O) groups is 3. The third-order valence-electron chi connectivity index (χ3n) is 7.12. The van der Waals surface area contributed by atoms with E-state index in [1.165, 1.54) is 4.90 Å². The Kier molecular flexibility index (Phi) is 5.55. The van der Waals surface area contributed by atoms with E-state index in [1.54, 1.807) is 37.8 Å². The van der Waals surface area contributed by atoms with Gasteiger partial charge >= 0.3 is 0 Å². The average Bonchev–Trinajstić information content (AvgIpc) is 3.04. The van der Waals surface area contributed by atoms with Crippen LogP contribution in [-0.2, 0) is 14.4 Å². The van der Waals surface area contributed by atoms with E-state index in [1.807, 2.05) is 19.1 Å². The first-order valence-corrected chi connectivity index (χ1v) is 11.5. The van der Waals surface area contributed by atoms with Gasteiger partial charge in [0.25, 0.3) is 0 Å². The topological polar surface area (TPSA) is 131 Å². The lowest BCUT2D eigenvalue weighted by Gasteiger charge is -2.31. The van der Waals surface area contributed by atoms with Crippen LogP contribution in [0.5, 0.6) is 0 Å². The van der Waals surface area contributed by atoms with Crippen molar-refractivity contribution in [2.45, 2.75) is 39.0 Å². The Balaban J connectivity index is 1.32. The van der Waals surface area contributed by atoms with Crippen LogP contribution < -0.4 is 11.1 Å². The van der Waals surface area contributed by atoms with Gasteiger partial charge in [-0.15, -0.1) is 0 Å². The van der Waals surface area contributed by atoms with Crippen molar-refractivity contribution in [3.05, 3.63) is 54.0 Å². The molecule has 9 heteroatoms. The minimum absolute atomic E-state index is 0.0963. The smallest absolute Gasteiger partial charge is 0.249 e. The van der Waals surface area contributed by atoms with Crippen LogP contribution in [0.1, 0.15) is 37.7 Å². The van der Waals surface area contributed by atoms with Gasteiger partial charge < -0.3 is 11.1 Å². The van der Waals surface area contributed by atoms with Crippen molar-refractivity contribution >= 4 is 40.1 Å². The SMILES string of the molecule is Cc1ccncc1-c1cc2cc(NC(=O)C=C3CCC4(CC3)CC(=O)N(C)C4=O)ncc2c(N)n1. The Hall–Kier alpha value is -4.14. The number of hydrogen-bond donors (Lipinski definition) is 2. The van der Waals surface area contributed by atoms with Crippen molar-refractivity contribution in [2.75, 3.05) is 18.1 Å². The zero-order chi connectivity index (χ0) is 24.7. The van der Waals surface area contributed by atoms with Crippen molar-refractivity contribution in [3.63, 3.8) is 0 Å². The highest BCUT2D eigenvalue weighted by atomic mass is 16.2. The van der Waals surface area contributed by atoms with Crippen LogP contribution >= 0.6 is 0 Å². The first-order chi connectivity index (χ1) is 16.8. The van der Waals surface area contributed by atoms with Gasteiger partial charge in [0.05, 0.1) is 11.1 Å². The number of fused-ring (bicyclic) bond motifs is 1. The molecule has 0 atom stereocenters. The number of carbonyl (C=O) groups excluding carboxylic acids is 3. The van der Waals surface area contributed by atoms with Gasteiger partial charge in [0.15, 0.2) is 0 Å². The van der Waals surface area contributed by atoms with Gasteiger partial charge in [-0.2, -0.15) is 0 Å². The third-order valence-corrected chi connectivity index (χ3v) is 7.12. The number of nitrogens with one attached hydrogen (secondary N) is 1. The number of nitrogens with two attached hydrogens (primary N) is 1. The molecule has 9 nitrogen and oxygen atoms in total. The molecule has 0 aromatic carbocycles. The highest BCUT2D eigenvalue weighted by molar-refractivity contribution is 6.06. The Morgan fingerprint density at radius 2 is 1.97 bits per heavy atom. The van der Waals surface area contributed by atoms with Gasteiger partial charge in [-0.3, -0.25) is 24.3 Å². The summed E-state index contributed by atoms with van der Waals surface area (Å²) in [6, 6.07) is 5.59. The predicted octanol–water partition coefficient (Wildman–Crippen LogP) is 3.40. The molecular weight excluding hydrogens is 444 g/mol. The van der Waals surface area contributed by atoms with Crippen molar-refractivity contribution in [1.29, 1.82) is 0 Å². The van der Waals surface area contributed by atoms with Gasteiger partial charge in [0.1, 0.15) is 11.6 Å². The predicted molar refractivity (Wildman–Crippen MR) is 132 cm³/mol. The van der Waals surface area contributed by atoms with Crippen LogP contribution in [0.2, 0.25) is 0 Å². The van der Waals surface area contributed by atoms with E-state index in [9.17, 15) is 14.4 Å². The molecule has 2 aliphatic rings. The van der Waals surface area contributed by atoms with Gasteiger partial charge in [0.2, 0.25) is 17.7 Å². The van der Waals surface area contributed by atoms with Crippen LogP contribution in [0.15, 0.2) is 48.4 Å². The number of nitrogens with zero attached hydrogens (tertiary/aromatic N) is 4. The molecule has 2 fully saturated rings. The number of aromatic nitrogens is 3. The molecule has 0 radical (unpaired) electrons. The molecule has 3 aromatic rings. The van der Waals surface area contributed by atoms with Crippen molar-refractivity contribution in [1.82, 2.24) is 19.9 Å². The lowest BCUT2D eigenvalue weighted by atomic mass is 9.71. The second-order valence-electron chi connectivity index (χ2n) is 9.38. The number of aryl methyl sites for hydroxylation is 1. The van der Waals surface area contributed by atoms with Gasteiger partial charge in [-0.25, -0.2) is 9.97 Å². The molecular formula is C26H26N6O3. The minimum Gasteiger partial charge on any atom is -0.383 e. The summed E-state index contributed by atoms with van der Waals surface area (Å²) < 4.78 is 0. The molecule has 1 aliphatic carbocycles. The molecule has 1 saturated heterocycles. The van der Waals surface area contributed by atoms with E-state index in [-0.39, 0.29) is 24.1 Å². The number of hydrogen-bond acceptors (Lipinski definition) is 7. The summed E-state index contributed by atoms with van der Waals surface area (Å²) >= 11 is 0. The molecule has 1 saturated carbocycles. The molecule has 1 spiro atoms. The van der Waals surface area contributed by atoms with Crippen molar-refractivity contribution < 1.29 is 14.4 Å². The fourth-order valence-corrected chi connectivity index (χ4v) is 5.00. The van der Waals surface area contributed by atoms with E-state index in [0.29, 0.717) is 48.4 Å². The minimum atomic E-state index is -0.599. The fourth-order valence-electron chi connectivity index (χ4n) is 5.00. The third kappa shape index (κ3) is 4.14. The van der Waals surface area contributed by atoms with E-state index in [0.717, 1.165) is 22.1 Å². The van der Waals surface area contributed by atoms with Crippen molar-refractivity contribution in [2.24, 2.45) is 5.41 Å². The number of pyridine rings is 3. The second kappa shape index (κ2) is 8.57. The Labute approximate surface area is 202 Å². The zero-order valence-corrected chi connectivity index (χ0v) is 19.7. The Morgan fingerprint density at radius 3 is 2.66 bits per heavy atom. The molecule has 178 valence electrons. The molecule has 3 amide bonds. The molecule has 3 N–H and O–H groups in total. The summed E-state index contributed by atoms with van der Waals surface area (Å²) in [4.78, 5) is 51.4. The number of rotatable bonds is 3. The van der Waals surface area contributed by atoms with Gasteiger partial charge in [-0.1, -0.05) is 5.57 Å². The summed E-state index contributed by atoms with van der Waals surface area (Å²) in [6.07, 6.45) is 9.31. The first-order valence-electron chi connectivity index (χ1n) is 11.5. The summed E-state index contributed by atoms with van der Waals surface area (Å²) in [7, 11) is 1.54. The maximum atomic E-state index is 12.7. The summed E-state index contributed by atoms with van der Waals surface area (Å²) in [5, 5.41) is 4.33. The highest BCUT2D eigenvalue weighted by Crippen LogP contribution is 2.46. The molecule has 5 rings (SSSR count). The van der Waals surface area contributed by atoms with E-state index < -0.39 is 5.41 Å². The fraction of sp³-hybridized carbons (Fsp3) is 0.308. The molecule has 4 heterocycles. The Bertz CT molecular complexity index is 1400. The number of imide groups is 1. The summed E-state index contributed by atoms with van der Waals surface area (Å²) in [5.74, 6) is 0.263. The summed E-state index contributed by atoms with van der Waals surface area (Å²) in [5.41, 5.74) is 9.16. The van der Waals surface area contributed by atoms with Crippen LogP contribution in [0.25, 0.3) is 22.0 Å². The normalized spacial score (nSPS) is 20.1. The van der Waals surface area contributed by atoms with Crippen LogP contribution in [0.4, 0.5) is 11.6 Å². The van der Waals surface area contributed by atoms with Crippen molar-refractivity contribution in [3.8, 4) is 11.3 Å². The van der Waals surface area contributed by atoms with Gasteiger partial charge in [0, 0.05) is 49.1 Å². The maximum absolute atomic E-state index is 12.7. The number of anilines is 2. The number of amides is 3. The molecule has 3 aromatic heterocycles. The lowest BCUT2D eigenvalue weighted by Crippen LogP contribution is -2.35. The number of allylic oxidation sites excluding steroid dienone is 1. The molecule has 1 aliphatic heterocycles. The Morgan fingerprint density at radius 1 is 1.20 bits per heavy atom. The monoisotopic (exact) mass is 470 g/mol. The van der Waals surface area contributed by atoms with E-state index in [4.69, 9.17) is 5.73 Å². The van der Waals surface area contributed by atoms with Crippen LogP contribution in [0.3, 0.4) is 0 Å². The average molecular weight is 471 g/mol. The standard InChI is InChI=1S/C26H26N6O3/c1-15-5-8-28-13-18(15)20-10-17-11-21(29-14-19(17)24(27)30-20)31-22(33)9-16-3-6-26(7-4-16)12-23(34)32(2)25(26)35/h5,8-11,13-14H,3-4,6-7,12H2,1-2H3,(H2,27,30)(H,29,31,33). The highest BCUT2D eigenvalue weighted by Gasteiger charge is 2.50. The summed E-state index contributed by atoms with van der Waals surface area (Å²) in [6.45, 7) is 1.98. The van der Waals surface area contributed by atoms with E-state index >= 15 is 0 Å². The first kappa shape index (κ1) is 22.6. The molecule has 0 bridgehead atoms. The lowest BCUT2D eigenvalue weighted by molar-refractivity contribution is -0.140. The van der Waals surface area contributed by atoms with Crippen LogP contribution in [0, 0.1) is 12.3 Å². The molecule has 0 unspecified atom stereocenters. The largest absolute Gasteiger partial charge is 0.383 e. The van der Waals surface area contributed by atoms with E-state index in [2.05, 4.69) is 20.3 Å². The number of nitrogen functional groups attached to an aromatic ring is 1. The zero-order valence-electron chi connectivity index (χ0n) is 19.7. The van der Waals surface area contributed by atoms with Crippen LogP contribution in [-0.4, -0.2) is 44.6 Å². The quantitative estimate of drug-likeness (QED) is 0.443.